The van der Waals surface area contributed by atoms with E-state index >= 15 is 0 Å². The Kier molecular flexibility index (Phi) is 3.89. The molecule has 1 aliphatic heterocycles. The van der Waals surface area contributed by atoms with Crippen LogP contribution in [-0.4, -0.2) is 48.1 Å². The zero-order valence-electron chi connectivity index (χ0n) is 11.9. The van der Waals surface area contributed by atoms with Crippen molar-refractivity contribution in [3.8, 4) is 0 Å². The second-order valence-electron chi connectivity index (χ2n) is 5.60. The monoisotopic (exact) mass is 334 g/mol. The largest absolute Gasteiger partial charge is 0.365 e. The summed E-state index contributed by atoms with van der Waals surface area (Å²) < 4.78 is 0.973. The summed E-state index contributed by atoms with van der Waals surface area (Å²) in [5.74, 6) is 0. The molecule has 20 heavy (non-hydrogen) atoms. The average Bonchev–Trinajstić information content (AvgIpc) is 2.84. The number of fused-ring (bicyclic) bond motifs is 1. The topological polar surface area (TPSA) is 32.3 Å². The molecule has 1 saturated heterocycles. The Morgan fingerprint density at radius 3 is 3.05 bits per heavy atom. The van der Waals surface area contributed by atoms with Crippen LogP contribution in [-0.2, 0) is 0 Å². The normalized spacial score (nSPS) is 19.2. The van der Waals surface area contributed by atoms with Crippen molar-refractivity contribution in [1.29, 1.82) is 0 Å². The number of pyridine rings is 2. The zero-order chi connectivity index (χ0) is 14.1. The van der Waals surface area contributed by atoms with Gasteiger partial charge in [0, 0.05) is 36.0 Å². The Morgan fingerprint density at radius 1 is 1.40 bits per heavy atom. The van der Waals surface area contributed by atoms with E-state index in [-0.39, 0.29) is 0 Å². The third-order valence-electron chi connectivity index (χ3n) is 3.79. The molecule has 0 spiro atoms. The number of anilines is 1. The van der Waals surface area contributed by atoms with Gasteiger partial charge in [-0.25, -0.2) is 0 Å². The van der Waals surface area contributed by atoms with E-state index in [1.54, 1.807) is 0 Å². The average molecular weight is 335 g/mol. The quantitative estimate of drug-likeness (QED) is 0.863. The van der Waals surface area contributed by atoms with Crippen molar-refractivity contribution >= 4 is 32.7 Å². The molecule has 1 fully saturated rings. The van der Waals surface area contributed by atoms with Gasteiger partial charge in [-0.1, -0.05) is 0 Å². The summed E-state index contributed by atoms with van der Waals surface area (Å²) in [6.07, 6.45) is 6.23. The van der Waals surface area contributed by atoms with Crippen LogP contribution in [0.2, 0.25) is 0 Å². The smallest absolute Gasteiger partial charge is 0.112 e. The molecule has 1 unspecified atom stereocenters. The lowest BCUT2D eigenvalue weighted by Crippen LogP contribution is -2.37. The fourth-order valence-corrected chi connectivity index (χ4v) is 3.31. The van der Waals surface area contributed by atoms with Crippen LogP contribution in [0.15, 0.2) is 29.0 Å². The molecule has 0 amide bonds. The van der Waals surface area contributed by atoms with Gasteiger partial charge in [0.2, 0.25) is 0 Å². The molecule has 1 aliphatic rings. The first-order valence-corrected chi connectivity index (χ1v) is 7.76. The minimum Gasteiger partial charge on any atom is -0.365 e. The molecule has 3 heterocycles. The van der Waals surface area contributed by atoms with Crippen LogP contribution < -0.4 is 4.90 Å². The van der Waals surface area contributed by atoms with Gasteiger partial charge in [-0.15, -0.1) is 0 Å². The van der Waals surface area contributed by atoms with Crippen LogP contribution in [0, 0.1) is 0 Å². The first kappa shape index (κ1) is 13.8. The van der Waals surface area contributed by atoms with Crippen molar-refractivity contribution in [2.75, 3.05) is 32.1 Å². The molecule has 2 aromatic rings. The van der Waals surface area contributed by atoms with E-state index < -0.39 is 0 Å². The summed E-state index contributed by atoms with van der Waals surface area (Å²) in [6.45, 7) is 2.19. The standard InChI is InChI=1S/C15H19BrN4/c1-19(2)10-12-4-3-7-20(12)14-5-6-17-13-8-11(16)9-18-15(13)14/h5-6,8-9,12H,3-4,7,10H2,1-2H3. The Labute approximate surface area is 127 Å². The molecule has 4 nitrogen and oxygen atoms in total. The van der Waals surface area contributed by atoms with E-state index in [0.717, 1.165) is 28.6 Å². The van der Waals surface area contributed by atoms with Crippen LogP contribution in [0.1, 0.15) is 12.8 Å². The highest BCUT2D eigenvalue weighted by Crippen LogP contribution is 2.31. The van der Waals surface area contributed by atoms with Gasteiger partial charge in [-0.3, -0.25) is 9.97 Å². The Balaban J connectivity index is 2.01. The SMILES string of the molecule is CN(C)CC1CCCN1c1ccnc2cc(Br)cnc12. The molecular weight excluding hydrogens is 316 g/mol. The number of halogens is 1. The number of hydrogen-bond donors (Lipinski definition) is 0. The molecule has 0 saturated carbocycles. The van der Waals surface area contributed by atoms with Crippen molar-refractivity contribution in [2.45, 2.75) is 18.9 Å². The lowest BCUT2D eigenvalue weighted by atomic mass is 10.2. The van der Waals surface area contributed by atoms with E-state index in [4.69, 9.17) is 0 Å². The lowest BCUT2D eigenvalue weighted by molar-refractivity contribution is 0.372. The van der Waals surface area contributed by atoms with E-state index in [9.17, 15) is 0 Å². The van der Waals surface area contributed by atoms with Crippen LogP contribution in [0.4, 0.5) is 5.69 Å². The first-order valence-electron chi connectivity index (χ1n) is 6.97. The highest BCUT2D eigenvalue weighted by atomic mass is 79.9. The predicted octanol–water partition coefficient (Wildman–Crippen LogP) is 2.92. The molecule has 106 valence electrons. The summed E-state index contributed by atoms with van der Waals surface area (Å²) in [5.41, 5.74) is 3.17. The summed E-state index contributed by atoms with van der Waals surface area (Å²) in [7, 11) is 4.27. The first-order chi connectivity index (χ1) is 9.65. The highest BCUT2D eigenvalue weighted by Gasteiger charge is 2.26. The van der Waals surface area contributed by atoms with Gasteiger partial charge in [0.15, 0.2) is 0 Å². The molecule has 2 aromatic heterocycles. The van der Waals surface area contributed by atoms with Crippen LogP contribution in [0.5, 0.6) is 0 Å². The Bertz CT molecular complexity index is 614. The minimum absolute atomic E-state index is 0.570. The van der Waals surface area contributed by atoms with Gasteiger partial charge < -0.3 is 9.80 Å². The third-order valence-corrected chi connectivity index (χ3v) is 4.22. The van der Waals surface area contributed by atoms with Gasteiger partial charge in [-0.2, -0.15) is 0 Å². The Morgan fingerprint density at radius 2 is 2.25 bits per heavy atom. The van der Waals surface area contributed by atoms with E-state index in [1.165, 1.54) is 18.5 Å². The van der Waals surface area contributed by atoms with E-state index in [2.05, 4.69) is 55.9 Å². The summed E-state index contributed by atoms with van der Waals surface area (Å²) in [6, 6.07) is 4.70. The van der Waals surface area contributed by atoms with Gasteiger partial charge >= 0.3 is 0 Å². The molecule has 3 rings (SSSR count). The molecule has 0 aromatic carbocycles. The van der Waals surface area contributed by atoms with Crippen molar-refractivity contribution in [3.63, 3.8) is 0 Å². The molecule has 0 bridgehead atoms. The van der Waals surface area contributed by atoms with Crippen LogP contribution in [0.25, 0.3) is 11.0 Å². The number of rotatable bonds is 3. The number of hydrogen-bond acceptors (Lipinski definition) is 4. The predicted molar refractivity (Wildman–Crippen MR) is 86.2 cm³/mol. The molecule has 1 atom stereocenters. The van der Waals surface area contributed by atoms with Crippen LogP contribution >= 0.6 is 15.9 Å². The van der Waals surface area contributed by atoms with Crippen molar-refractivity contribution in [2.24, 2.45) is 0 Å². The fourth-order valence-electron chi connectivity index (χ4n) is 2.99. The van der Waals surface area contributed by atoms with Crippen molar-refractivity contribution in [1.82, 2.24) is 14.9 Å². The molecule has 5 heteroatoms. The maximum Gasteiger partial charge on any atom is 0.112 e. The number of aromatic nitrogens is 2. The minimum atomic E-state index is 0.570. The van der Waals surface area contributed by atoms with Crippen molar-refractivity contribution in [3.05, 3.63) is 29.0 Å². The number of nitrogens with zero attached hydrogens (tertiary/aromatic N) is 4. The van der Waals surface area contributed by atoms with Gasteiger partial charge in [0.1, 0.15) is 5.52 Å². The molecule has 0 aliphatic carbocycles. The molecular formula is C15H19BrN4. The summed E-state index contributed by atoms with van der Waals surface area (Å²) in [5, 5.41) is 0. The second-order valence-corrected chi connectivity index (χ2v) is 6.52. The Hall–Kier alpha value is -1.20. The van der Waals surface area contributed by atoms with Crippen LogP contribution in [0.3, 0.4) is 0 Å². The van der Waals surface area contributed by atoms with E-state index in [0.29, 0.717) is 6.04 Å². The lowest BCUT2D eigenvalue weighted by Gasteiger charge is -2.29. The number of likely N-dealkylation sites (N-methyl/N-ethyl adjacent to an activating group) is 1. The summed E-state index contributed by atoms with van der Waals surface area (Å²) >= 11 is 3.46. The zero-order valence-corrected chi connectivity index (χ0v) is 13.5. The third kappa shape index (κ3) is 2.65. The van der Waals surface area contributed by atoms with Gasteiger partial charge in [0.25, 0.3) is 0 Å². The fraction of sp³-hybridized carbons (Fsp3) is 0.467. The maximum atomic E-state index is 4.57. The highest BCUT2D eigenvalue weighted by molar-refractivity contribution is 9.10. The maximum absolute atomic E-state index is 4.57. The van der Waals surface area contributed by atoms with E-state index in [1.807, 2.05) is 18.5 Å². The summed E-state index contributed by atoms with van der Waals surface area (Å²) in [4.78, 5) is 13.8. The van der Waals surface area contributed by atoms with Gasteiger partial charge in [-0.05, 0) is 55.0 Å². The molecule has 0 N–H and O–H groups in total. The second kappa shape index (κ2) is 5.66. The van der Waals surface area contributed by atoms with Crippen molar-refractivity contribution < 1.29 is 0 Å². The molecule has 0 radical (unpaired) electrons. The van der Waals surface area contributed by atoms with Gasteiger partial charge in [0.05, 0.1) is 11.2 Å².